The lowest BCUT2D eigenvalue weighted by molar-refractivity contribution is -0.384. The third-order valence-corrected chi connectivity index (χ3v) is 3.73. The minimum atomic E-state index is -0.477. The SMILES string of the molecule is O=C(Cc1nc(-c2cccc([N+](=O)[O-])c2)n[nH]1)NCC1CCCO1. The second kappa shape index (κ2) is 7.18. The molecule has 126 valence electrons. The Morgan fingerprint density at radius 1 is 1.50 bits per heavy atom. The lowest BCUT2D eigenvalue weighted by atomic mass is 10.2. The number of nitro benzene ring substituents is 1. The van der Waals surface area contributed by atoms with Gasteiger partial charge in [-0.05, 0) is 12.8 Å². The van der Waals surface area contributed by atoms with Crippen LogP contribution in [0.15, 0.2) is 24.3 Å². The maximum atomic E-state index is 11.9. The van der Waals surface area contributed by atoms with Gasteiger partial charge in [0.25, 0.3) is 5.69 Å². The summed E-state index contributed by atoms with van der Waals surface area (Å²) in [5.41, 5.74) is 0.486. The molecule has 1 aliphatic heterocycles. The van der Waals surface area contributed by atoms with Gasteiger partial charge in [-0.3, -0.25) is 20.0 Å². The van der Waals surface area contributed by atoms with E-state index < -0.39 is 4.92 Å². The normalized spacial score (nSPS) is 16.9. The monoisotopic (exact) mass is 331 g/mol. The Hall–Kier alpha value is -2.81. The summed E-state index contributed by atoms with van der Waals surface area (Å²) in [6, 6.07) is 6.04. The molecule has 0 aliphatic carbocycles. The number of aromatic nitrogens is 3. The number of H-pyrrole nitrogens is 1. The molecule has 1 aliphatic rings. The molecule has 9 nitrogen and oxygen atoms in total. The summed E-state index contributed by atoms with van der Waals surface area (Å²) >= 11 is 0. The minimum Gasteiger partial charge on any atom is -0.376 e. The van der Waals surface area contributed by atoms with Crippen LogP contribution >= 0.6 is 0 Å². The number of aromatic amines is 1. The maximum Gasteiger partial charge on any atom is 0.270 e. The van der Waals surface area contributed by atoms with Crippen LogP contribution in [0.5, 0.6) is 0 Å². The molecule has 24 heavy (non-hydrogen) atoms. The first-order chi connectivity index (χ1) is 11.6. The Bertz CT molecular complexity index is 739. The molecule has 1 amide bonds. The van der Waals surface area contributed by atoms with Gasteiger partial charge in [0.15, 0.2) is 5.82 Å². The first-order valence-electron chi connectivity index (χ1n) is 7.66. The number of hydrogen-bond acceptors (Lipinski definition) is 6. The Balaban J connectivity index is 1.59. The van der Waals surface area contributed by atoms with Crippen molar-refractivity contribution in [2.45, 2.75) is 25.4 Å². The Morgan fingerprint density at radius 2 is 2.38 bits per heavy atom. The second-order valence-corrected chi connectivity index (χ2v) is 5.53. The fraction of sp³-hybridized carbons (Fsp3) is 0.400. The molecule has 9 heteroatoms. The van der Waals surface area contributed by atoms with Gasteiger partial charge < -0.3 is 10.1 Å². The summed E-state index contributed by atoms with van der Waals surface area (Å²) < 4.78 is 5.44. The smallest absolute Gasteiger partial charge is 0.270 e. The van der Waals surface area contributed by atoms with Crippen LogP contribution in [0.1, 0.15) is 18.7 Å². The average molecular weight is 331 g/mol. The molecule has 2 aromatic rings. The fourth-order valence-electron chi connectivity index (χ4n) is 2.51. The molecule has 1 aromatic heterocycles. The van der Waals surface area contributed by atoms with Crippen molar-refractivity contribution in [3.05, 3.63) is 40.2 Å². The van der Waals surface area contributed by atoms with E-state index in [0.29, 0.717) is 23.8 Å². The van der Waals surface area contributed by atoms with Crippen molar-refractivity contribution >= 4 is 11.6 Å². The van der Waals surface area contributed by atoms with Gasteiger partial charge in [0, 0.05) is 30.8 Å². The number of amides is 1. The van der Waals surface area contributed by atoms with Crippen LogP contribution in [0.2, 0.25) is 0 Å². The minimum absolute atomic E-state index is 0.0341. The molecule has 0 bridgehead atoms. The van der Waals surface area contributed by atoms with Gasteiger partial charge in [-0.1, -0.05) is 12.1 Å². The Labute approximate surface area is 137 Å². The zero-order valence-electron chi connectivity index (χ0n) is 12.9. The molecule has 1 atom stereocenters. The van der Waals surface area contributed by atoms with Crippen LogP contribution in [-0.2, 0) is 16.0 Å². The summed E-state index contributed by atoms with van der Waals surface area (Å²) in [4.78, 5) is 26.5. The van der Waals surface area contributed by atoms with Crippen molar-refractivity contribution in [2.75, 3.05) is 13.2 Å². The van der Waals surface area contributed by atoms with E-state index in [-0.39, 0.29) is 24.1 Å². The molecule has 1 saturated heterocycles. The van der Waals surface area contributed by atoms with Gasteiger partial charge in [0.05, 0.1) is 17.4 Å². The first kappa shape index (κ1) is 16.1. The number of hydrogen-bond donors (Lipinski definition) is 2. The van der Waals surface area contributed by atoms with Crippen LogP contribution in [0.3, 0.4) is 0 Å². The van der Waals surface area contributed by atoms with E-state index in [9.17, 15) is 14.9 Å². The van der Waals surface area contributed by atoms with Gasteiger partial charge in [-0.15, -0.1) is 0 Å². The van der Waals surface area contributed by atoms with Crippen LogP contribution in [0, 0.1) is 10.1 Å². The number of nitrogens with one attached hydrogen (secondary N) is 2. The van der Waals surface area contributed by atoms with Gasteiger partial charge in [0.1, 0.15) is 5.82 Å². The number of nitrogens with zero attached hydrogens (tertiary/aromatic N) is 3. The predicted molar refractivity (Wildman–Crippen MR) is 84.2 cm³/mol. The van der Waals surface area contributed by atoms with Crippen molar-refractivity contribution in [2.24, 2.45) is 0 Å². The summed E-state index contributed by atoms with van der Waals surface area (Å²) in [5, 5.41) is 20.3. The topological polar surface area (TPSA) is 123 Å². The highest BCUT2D eigenvalue weighted by Crippen LogP contribution is 2.20. The predicted octanol–water partition coefficient (Wildman–Crippen LogP) is 1.22. The Morgan fingerprint density at radius 3 is 3.12 bits per heavy atom. The third-order valence-electron chi connectivity index (χ3n) is 3.73. The number of non-ortho nitro benzene ring substituents is 1. The van der Waals surface area contributed by atoms with E-state index in [1.807, 2.05) is 0 Å². The zero-order chi connectivity index (χ0) is 16.9. The van der Waals surface area contributed by atoms with Crippen molar-refractivity contribution in [1.82, 2.24) is 20.5 Å². The zero-order valence-corrected chi connectivity index (χ0v) is 12.9. The highest BCUT2D eigenvalue weighted by atomic mass is 16.6. The molecule has 0 saturated carbocycles. The largest absolute Gasteiger partial charge is 0.376 e. The molecule has 2 heterocycles. The standard InChI is InChI=1S/C15H17N5O4/c21-14(16-9-12-5-2-6-24-12)8-13-17-15(19-18-13)10-3-1-4-11(7-10)20(22)23/h1,3-4,7,12H,2,5-6,8-9H2,(H,16,21)(H,17,18,19). The van der Waals surface area contributed by atoms with Gasteiger partial charge in [0.2, 0.25) is 5.91 Å². The first-order valence-corrected chi connectivity index (χ1v) is 7.66. The van der Waals surface area contributed by atoms with Crippen molar-refractivity contribution < 1.29 is 14.5 Å². The average Bonchev–Trinajstić information content (AvgIpc) is 3.25. The number of rotatable bonds is 6. The molecule has 0 spiro atoms. The number of carbonyl (C=O) groups excluding carboxylic acids is 1. The highest BCUT2D eigenvalue weighted by Gasteiger charge is 2.17. The van der Waals surface area contributed by atoms with Crippen molar-refractivity contribution in [3.63, 3.8) is 0 Å². The summed E-state index contributed by atoms with van der Waals surface area (Å²) in [6.45, 7) is 1.24. The lowest BCUT2D eigenvalue weighted by Crippen LogP contribution is -2.33. The lowest BCUT2D eigenvalue weighted by Gasteiger charge is -2.09. The number of nitro groups is 1. The second-order valence-electron chi connectivity index (χ2n) is 5.53. The molecule has 1 aromatic carbocycles. The van der Waals surface area contributed by atoms with Crippen molar-refractivity contribution in [3.8, 4) is 11.4 Å². The molecule has 0 radical (unpaired) electrons. The van der Waals surface area contributed by atoms with Crippen LogP contribution < -0.4 is 5.32 Å². The molecular formula is C15H17N5O4. The highest BCUT2D eigenvalue weighted by molar-refractivity contribution is 5.77. The van der Waals surface area contributed by atoms with E-state index in [4.69, 9.17) is 4.74 Å². The maximum absolute atomic E-state index is 11.9. The molecular weight excluding hydrogens is 314 g/mol. The van der Waals surface area contributed by atoms with Gasteiger partial charge in [-0.2, -0.15) is 5.10 Å². The van der Waals surface area contributed by atoms with E-state index in [1.165, 1.54) is 12.1 Å². The number of carbonyl (C=O) groups is 1. The Kier molecular flexibility index (Phi) is 4.80. The summed E-state index contributed by atoms with van der Waals surface area (Å²) in [5.74, 6) is 0.550. The fourth-order valence-corrected chi connectivity index (χ4v) is 2.51. The van der Waals surface area contributed by atoms with Crippen LogP contribution in [0.25, 0.3) is 11.4 Å². The van der Waals surface area contributed by atoms with Crippen LogP contribution in [-0.4, -0.2) is 45.3 Å². The molecule has 3 rings (SSSR count). The number of benzene rings is 1. The van der Waals surface area contributed by atoms with Gasteiger partial charge in [-0.25, -0.2) is 4.98 Å². The van der Waals surface area contributed by atoms with Crippen molar-refractivity contribution in [1.29, 1.82) is 0 Å². The third kappa shape index (κ3) is 3.93. The molecule has 1 unspecified atom stereocenters. The molecule has 1 fully saturated rings. The van der Waals surface area contributed by atoms with E-state index in [0.717, 1.165) is 19.4 Å². The summed E-state index contributed by atoms with van der Waals surface area (Å²) in [7, 11) is 0. The number of ether oxygens (including phenoxy) is 1. The van der Waals surface area contributed by atoms with E-state index >= 15 is 0 Å². The quantitative estimate of drug-likeness (QED) is 0.606. The van der Waals surface area contributed by atoms with Gasteiger partial charge >= 0.3 is 0 Å². The van der Waals surface area contributed by atoms with Crippen LogP contribution in [0.4, 0.5) is 5.69 Å². The summed E-state index contributed by atoms with van der Waals surface area (Å²) in [6.07, 6.45) is 2.13. The molecule has 2 N–H and O–H groups in total. The van der Waals surface area contributed by atoms with E-state index in [1.54, 1.807) is 12.1 Å². The van der Waals surface area contributed by atoms with E-state index in [2.05, 4.69) is 20.5 Å².